The zero-order valence-electron chi connectivity index (χ0n) is 19.6. The molecular formula is C27H35N3O. The average molecular weight is 418 g/mol. The van der Waals surface area contributed by atoms with Crippen molar-refractivity contribution in [2.45, 2.75) is 60.7 Å². The van der Waals surface area contributed by atoms with Crippen LogP contribution in [0.15, 0.2) is 60.8 Å². The summed E-state index contributed by atoms with van der Waals surface area (Å²) in [4.78, 5) is 15.3. The molecule has 1 N–H and O–H groups in total. The Morgan fingerprint density at radius 3 is 2.45 bits per heavy atom. The monoisotopic (exact) mass is 417 g/mol. The third-order valence-corrected chi connectivity index (χ3v) is 6.25. The molecule has 0 spiro atoms. The molecule has 0 bridgehead atoms. The molecule has 2 amide bonds. The molecule has 0 aliphatic heterocycles. The molecule has 31 heavy (non-hydrogen) atoms. The predicted octanol–water partition coefficient (Wildman–Crippen LogP) is 6.54. The maximum Gasteiger partial charge on any atom is 0.322 e. The summed E-state index contributed by atoms with van der Waals surface area (Å²) in [6, 6.07) is 18.8. The standard InChI is InChI=1S/C27H35N3O/c1-19(2)23(6)30(27(31)28-26-14-8-11-21(4)22(26)5)18-25-13-9-15-29(25)17-24-12-7-10-20(3)16-24/h7-16,19,23H,17-18H2,1-6H3,(H,28,31)/t23-/m0/s1. The molecule has 0 fully saturated rings. The van der Waals surface area contributed by atoms with Gasteiger partial charge in [-0.15, -0.1) is 0 Å². The highest BCUT2D eigenvalue weighted by atomic mass is 16.2. The average Bonchev–Trinajstić information content (AvgIpc) is 3.15. The maximum absolute atomic E-state index is 13.4. The number of carbonyl (C=O) groups excluding carboxylic acids is 1. The molecule has 0 aliphatic rings. The second kappa shape index (κ2) is 9.86. The Kier molecular flexibility index (Phi) is 7.21. The van der Waals surface area contributed by atoms with Gasteiger partial charge in [0.05, 0.1) is 6.54 Å². The highest BCUT2D eigenvalue weighted by Gasteiger charge is 2.24. The van der Waals surface area contributed by atoms with Gasteiger partial charge in [-0.25, -0.2) is 4.79 Å². The zero-order chi connectivity index (χ0) is 22.5. The van der Waals surface area contributed by atoms with Gasteiger partial charge < -0.3 is 14.8 Å². The summed E-state index contributed by atoms with van der Waals surface area (Å²) >= 11 is 0. The van der Waals surface area contributed by atoms with E-state index in [4.69, 9.17) is 0 Å². The lowest BCUT2D eigenvalue weighted by Crippen LogP contribution is -2.43. The summed E-state index contributed by atoms with van der Waals surface area (Å²) in [5.74, 6) is 0.351. The topological polar surface area (TPSA) is 37.3 Å². The fraction of sp³-hybridized carbons (Fsp3) is 0.370. The summed E-state index contributed by atoms with van der Waals surface area (Å²) < 4.78 is 2.24. The van der Waals surface area contributed by atoms with E-state index in [2.05, 4.69) is 93.2 Å². The molecule has 1 aromatic heterocycles. The Labute approximate surface area is 186 Å². The number of hydrogen-bond acceptors (Lipinski definition) is 1. The smallest absolute Gasteiger partial charge is 0.322 e. The number of hydrogen-bond donors (Lipinski definition) is 1. The van der Waals surface area contributed by atoms with Crippen molar-refractivity contribution in [3.63, 3.8) is 0 Å². The molecule has 0 aliphatic carbocycles. The van der Waals surface area contributed by atoms with Crippen LogP contribution >= 0.6 is 0 Å². The first kappa shape index (κ1) is 22.7. The van der Waals surface area contributed by atoms with E-state index in [1.54, 1.807) is 0 Å². The fourth-order valence-corrected chi connectivity index (χ4v) is 3.76. The molecule has 4 nitrogen and oxygen atoms in total. The SMILES string of the molecule is Cc1cccc(Cn2cccc2CN(C(=O)Nc2cccc(C)c2C)[C@@H](C)C(C)C)c1. The number of rotatable bonds is 7. The lowest BCUT2D eigenvalue weighted by atomic mass is 10.0. The van der Waals surface area contributed by atoms with E-state index in [1.807, 2.05) is 24.0 Å². The first-order chi connectivity index (χ1) is 14.8. The van der Waals surface area contributed by atoms with Crippen LogP contribution in [-0.2, 0) is 13.1 Å². The zero-order valence-corrected chi connectivity index (χ0v) is 19.6. The van der Waals surface area contributed by atoms with E-state index in [-0.39, 0.29) is 12.1 Å². The van der Waals surface area contributed by atoms with Gasteiger partial charge in [-0.05, 0) is 68.5 Å². The number of carbonyl (C=O) groups is 1. The van der Waals surface area contributed by atoms with E-state index in [0.717, 1.165) is 23.5 Å². The van der Waals surface area contributed by atoms with Crippen LogP contribution in [0.3, 0.4) is 0 Å². The number of aryl methyl sites for hydroxylation is 2. The third kappa shape index (κ3) is 5.57. The van der Waals surface area contributed by atoms with Gasteiger partial charge in [0.1, 0.15) is 0 Å². The Bertz CT molecular complexity index is 1030. The van der Waals surface area contributed by atoms with Crippen LogP contribution in [0.25, 0.3) is 0 Å². The minimum atomic E-state index is -0.0572. The largest absolute Gasteiger partial charge is 0.345 e. The minimum Gasteiger partial charge on any atom is -0.345 e. The van der Waals surface area contributed by atoms with Crippen LogP contribution in [0.4, 0.5) is 10.5 Å². The predicted molar refractivity (Wildman–Crippen MR) is 129 cm³/mol. The molecule has 3 rings (SSSR count). The van der Waals surface area contributed by atoms with Crippen molar-refractivity contribution < 1.29 is 4.79 Å². The molecular weight excluding hydrogens is 382 g/mol. The Hall–Kier alpha value is -3.01. The van der Waals surface area contributed by atoms with Crippen LogP contribution < -0.4 is 5.32 Å². The summed E-state index contributed by atoms with van der Waals surface area (Å²) in [6.45, 7) is 14.0. The molecule has 1 atom stereocenters. The second-order valence-corrected chi connectivity index (χ2v) is 8.91. The van der Waals surface area contributed by atoms with Crippen molar-refractivity contribution in [2.75, 3.05) is 5.32 Å². The van der Waals surface area contributed by atoms with Crippen LogP contribution in [0.2, 0.25) is 0 Å². The summed E-state index contributed by atoms with van der Waals surface area (Å²) in [6.07, 6.45) is 2.10. The summed E-state index contributed by atoms with van der Waals surface area (Å²) in [5.41, 5.74) is 6.81. The molecule has 0 saturated carbocycles. The number of nitrogens with zero attached hydrogens (tertiary/aromatic N) is 2. The van der Waals surface area contributed by atoms with Crippen molar-refractivity contribution in [2.24, 2.45) is 5.92 Å². The van der Waals surface area contributed by atoms with Crippen LogP contribution in [-0.4, -0.2) is 21.5 Å². The highest BCUT2D eigenvalue weighted by molar-refractivity contribution is 5.90. The van der Waals surface area contributed by atoms with Gasteiger partial charge in [-0.2, -0.15) is 0 Å². The quantitative estimate of drug-likeness (QED) is 0.465. The maximum atomic E-state index is 13.4. The minimum absolute atomic E-state index is 0.0572. The highest BCUT2D eigenvalue weighted by Crippen LogP contribution is 2.22. The lowest BCUT2D eigenvalue weighted by Gasteiger charge is -2.32. The van der Waals surface area contributed by atoms with Gasteiger partial charge in [0.2, 0.25) is 0 Å². The normalized spacial score (nSPS) is 12.1. The van der Waals surface area contributed by atoms with Crippen molar-refractivity contribution >= 4 is 11.7 Å². The third-order valence-electron chi connectivity index (χ3n) is 6.25. The van der Waals surface area contributed by atoms with Gasteiger partial charge in [-0.1, -0.05) is 55.8 Å². The van der Waals surface area contributed by atoms with Crippen molar-refractivity contribution in [1.29, 1.82) is 0 Å². The van der Waals surface area contributed by atoms with Gasteiger partial charge in [0.25, 0.3) is 0 Å². The van der Waals surface area contributed by atoms with E-state index in [1.165, 1.54) is 16.7 Å². The number of urea groups is 1. The first-order valence-electron chi connectivity index (χ1n) is 11.1. The first-order valence-corrected chi connectivity index (χ1v) is 11.1. The molecule has 1 heterocycles. The van der Waals surface area contributed by atoms with Crippen molar-refractivity contribution in [1.82, 2.24) is 9.47 Å². The van der Waals surface area contributed by atoms with E-state index in [9.17, 15) is 4.79 Å². The van der Waals surface area contributed by atoms with Crippen LogP contribution in [0, 0.1) is 26.7 Å². The number of nitrogens with one attached hydrogen (secondary N) is 1. The lowest BCUT2D eigenvalue weighted by molar-refractivity contribution is 0.168. The summed E-state index contributed by atoms with van der Waals surface area (Å²) in [5, 5.41) is 3.15. The van der Waals surface area contributed by atoms with Crippen molar-refractivity contribution in [3.05, 3.63) is 88.7 Å². The van der Waals surface area contributed by atoms with E-state index < -0.39 is 0 Å². The second-order valence-electron chi connectivity index (χ2n) is 8.91. The number of benzene rings is 2. The van der Waals surface area contributed by atoms with E-state index >= 15 is 0 Å². The summed E-state index contributed by atoms with van der Waals surface area (Å²) in [7, 11) is 0. The molecule has 4 heteroatoms. The molecule has 0 unspecified atom stereocenters. The van der Waals surface area contributed by atoms with Gasteiger partial charge in [-0.3, -0.25) is 0 Å². The van der Waals surface area contributed by atoms with Gasteiger partial charge >= 0.3 is 6.03 Å². The molecule has 0 radical (unpaired) electrons. The number of anilines is 1. The molecule has 2 aromatic carbocycles. The van der Waals surface area contributed by atoms with Gasteiger partial charge in [0.15, 0.2) is 0 Å². The Balaban J connectivity index is 1.83. The van der Waals surface area contributed by atoms with Crippen LogP contribution in [0.5, 0.6) is 0 Å². The number of amides is 2. The Morgan fingerprint density at radius 2 is 1.74 bits per heavy atom. The molecule has 0 saturated heterocycles. The number of aromatic nitrogens is 1. The molecule has 164 valence electrons. The fourth-order valence-electron chi connectivity index (χ4n) is 3.76. The van der Waals surface area contributed by atoms with Crippen molar-refractivity contribution in [3.8, 4) is 0 Å². The molecule has 3 aromatic rings. The van der Waals surface area contributed by atoms with Crippen LogP contribution in [0.1, 0.15) is 48.7 Å². The Morgan fingerprint density at radius 1 is 1.00 bits per heavy atom. The van der Waals surface area contributed by atoms with Gasteiger partial charge in [0, 0.05) is 30.2 Å². The van der Waals surface area contributed by atoms with E-state index in [0.29, 0.717) is 12.5 Å².